The number of halogens is 1. The SMILES string of the molecule is CN(Cc1cc2cc(F)ccc2[nH]1)C(=O)NC(C)(C)CN1CCOCC1. The summed E-state index contributed by atoms with van der Waals surface area (Å²) in [5, 5.41) is 3.90. The predicted molar refractivity (Wildman–Crippen MR) is 99.6 cm³/mol. The Morgan fingerprint density at radius 1 is 1.35 bits per heavy atom. The smallest absolute Gasteiger partial charge is 0.317 e. The lowest BCUT2D eigenvalue weighted by atomic mass is 10.0. The lowest BCUT2D eigenvalue weighted by Crippen LogP contribution is -2.55. The highest BCUT2D eigenvalue weighted by atomic mass is 19.1. The first kappa shape index (κ1) is 18.7. The van der Waals surface area contributed by atoms with Gasteiger partial charge in [0.1, 0.15) is 5.82 Å². The number of hydrogen-bond acceptors (Lipinski definition) is 3. The van der Waals surface area contributed by atoms with Gasteiger partial charge < -0.3 is 19.9 Å². The third kappa shape index (κ3) is 4.74. The average molecular weight is 362 g/mol. The van der Waals surface area contributed by atoms with E-state index in [1.165, 1.54) is 12.1 Å². The molecule has 0 bridgehead atoms. The van der Waals surface area contributed by atoms with Crippen LogP contribution in [0, 0.1) is 5.82 Å². The molecule has 7 heteroatoms. The summed E-state index contributed by atoms with van der Waals surface area (Å²) in [5.74, 6) is -0.265. The van der Waals surface area contributed by atoms with Gasteiger partial charge in [0.25, 0.3) is 0 Å². The minimum Gasteiger partial charge on any atom is -0.379 e. The zero-order valence-electron chi connectivity index (χ0n) is 15.6. The van der Waals surface area contributed by atoms with Crippen molar-refractivity contribution in [1.82, 2.24) is 20.1 Å². The Morgan fingerprint density at radius 3 is 2.81 bits per heavy atom. The summed E-state index contributed by atoms with van der Waals surface area (Å²) in [6, 6.07) is 6.36. The van der Waals surface area contributed by atoms with Crippen LogP contribution in [0.15, 0.2) is 24.3 Å². The molecule has 0 unspecified atom stereocenters. The van der Waals surface area contributed by atoms with Crippen LogP contribution in [0.1, 0.15) is 19.5 Å². The van der Waals surface area contributed by atoms with E-state index in [2.05, 4.69) is 15.2 Å². The zero-order valence-corrected chi connectivity index (χ0v) is 15.6. The average Bonchev–Trinajstić information content (AvgIpc) is 2.96. The minimum atomic E-state index is -0.341. The highest BCUT2D eigenvalue weighted by Crippen LogP contribution is 2.18. The number of fused-ring (bicyclic) bond motifs is 1. The fourth-order valence-corrected chi connectivity index (χ4v) is 3.32. The van der Waals surface area contributed by atoms with Crippen molar-refractivity contribution in [3.63, 3.8) is 0 Å². The van der Waals surface area contributed by atoms with Gasteiger partial charge in [-0.1, -0.05) is 0 Å². The van der Waals surface area contributed by atoms with Crippen LogP contribution in [-0.2, 0) is 11.3 Å². The molecule has 0 aliphatic carbocycles. The maximum Gasteiger partial charge on any atom is 0.317 e. The molecule has 0 saturated carbocycles. The van der Waals surface area contributed by atoms with Crippen molar-refractivity contribution < 1.29 is 13.9 Å². The lowest BCUT2D eigenvalue weighted by Gasteiger charge is -2.36. The van der Waals surface area contributed by atoms with Crippen LogP contribution < -0.4 is 5.32 Å². The number of benzene rings is 1. The van der Waals surface area contributed by atoms with Crippen LogP contribution in [0.4, 0.5) is 9.18 Å². The molecular weight excluding hydrogens is 335 g/mol. The van der Waals surface area contributed by atoms with Crippen molar-refractivity contribution in [1.29, 1.82) is 0 Å². The first-order chi connectivity index (χ1) is 12.3. The van der Waals surface area contributed by atoms with Gasteiger partial charge in [0, 0.05) is 48.8 Å². The molecule has 2 heterocycles. The summed E-state index contributed by atoms with van der Waals surface area (Å²) in [6.45, 7) is 8.52. The quantitative estimate of drug-likeness (QED) is 0.859. The first-order valence-corrected chi connectivity index (χ1v) is 8.93. The van der Waals surface area contributed by atoms with E-state index in [9.17, 15) is 9.18 Å². The number of rotatable bonds is 5. The molecule has 2 aromatic rings. The molecule has 1 aromatic heterocycles. The van der Waals surface area contributed by atoms with E-state index >= 15 is 0 Å². The van der Waals surface area contributed by atoms with Crippen molar-refractivity contribution >= 4 is 16.9 Å². The van der Waals surface area contributed by atoms with Crippen molar-refractivity contribution in [2.75, 3.05) is 39.9 Å². The van der Waals surface area contributed by atoms with Crippen LogP contribution in [0.25, 0.3) is 10.9 Å². The second kappa shape index (κ2) is 7.63. The third-order valence-electron chi connectivity index (χ3n) is 4.56. The summed E-state index contributed by atoms with van der Waals surface area (Å²) in [6.07, 6.45) is 0. The molecule has 0 atom stereocenters. The summed E-state index contributed by atoms with van der Waals surface area (Å²) in [5.41, 5.74) is 1.39. The van der Waals surface area contributed by atoms with Crippen LogP contribution in [0.5, 0.6) is 0 Å². The van der Waals surface area contributed by atoms with Crippen molar-refractivity contribution in [2.45, 2.75) is 25.9 Å². The van der Waals surface area contributed by atoms with E-state index in [-0.39, 0.29) is 17.4 Å². The number of aromatic nitrogens is 1. The van der Waals surface area contributed by atoms with E-state index in [1.807, 2.05) is 19.9 Å². The maximum absolute atomic E-state index is 13.3. The number of carbonyl (C=O) groups excluding carboxylic acids is 1. The van der Waals surface area contributed by atoms with Crippen molar-refractivity contribution in [3.05, 3.63) is 35.8 Å². The van der Waals surface area contributed by atoms with E-state index < -0.39 is 0 Å². The Morgan fingerprint density at radius 2 is 2.08 bits per heavy atom. The van der Waals surface area contributed by atoms with Crippen LogP contribution in [0.3, 0.4) is 0 Å². The maximum atomic E-state index is 13.3. The van der Waals surface area contributed by atoms with Gasteiger partial charge in [-0.25, -0.2) is 9.18 Å². The van der Waals surface area contributed by atoms with E-state index in [0.717, 1.165) is 49.4 Å². The van der Waals surface area contributed by atoms with Gasteiger partial charge in [-0.3, -0.25) is 4.90 Å². The van der Waals surface area contributed by atoms with Crippen molar-refractivity contribution in [3.8, 4) is 0 Å². The fourth-order valence-electron chi connectivity index (χ4n) is 3.32. The molecule has 0 spiro atoms. The normalized spacial score (nSPS) is 16.0. The fraction of sp³-hybridized carbons (Fsp3) is 0.526. The van der Waals surface area contributed by atoms with Gasteiger partial charge in [0.05, 0.1) is 19.8 Å². The van der Waals surface area contributed by atoms with E-state index in [4.69, 9.17) is 4.74 Å². The standard InChI is InChI=1S/C19H27FN4O2/c1-19(2,13-24-6-8-26-9-7-24)22-18(25)23(3)12-16-11-14-10-15(20)4-5-17(14)21-16/h4-5,10-11,21H,6-9,12-13H2,1-3H3,(H,22,25). The summed E-state index contributed by atoms with van der Waals surface area (Å²) in [7, 11) is 1.76. The molecule has 26 heavy (non-hydrogen) atoms. The van der Waals surface area contributed by atoms with Gasteiger partial charge in [0.15, 0.2) is 0 Å². The highest BCUT2D eigenvalue weighted by molar-refractivity contribution is 5.80. The second-order valence-corrected chi connectivity index (χ2v) is 7.58. The largest absolute Gasteiger partial charge is 0.379 e. The topological polar surface area (TPSA) is 60.6 Å². The Hall–Kier alpha value is -2.12. The molecule has 3 rings (SSSR count). The van der Waals surface area contributed by atoms with Gasteiger partial charge >= 0.3 is 6.03 Å². The second-order valence-electron chi connectivity index (χ2n) is 7.58. The Bertz CT molecular complexity index is 768. The third-order valence-corrected chi connectivity index (χ3v) is 4.56. The molecule has 2 amide bonds. The molecule has 6 nitrogen and oxygen atoms in total. The van der Waals surface area contributed by atoms with Crippen LogP contribution in [-0.4, -0.2) is 66.2 Å². The number of hydrogen-bond donors (Lipinski definition) is 2. The Kier molecular flexibility index (Phi) is 5.48. The summed E-state index contributed by atoms with van der Waals surface area (Å²) >= 11 is 0. The molecule has 2 N–H and O–H groups in total. The minimum absolute atomic E-state index is 0.131. The molecule has 1 fully saturated rings. The monoisotopic (exact) mass is 362 g/mol. The van der Waals surface area contributed by atoms with E-state index in [1.54, 1.807) is 18.0 Å². The van der Waals surface area contributed by atoms with E-state index in [0.29, 0.717) is 6.54 Å². The van der Waals surface area contributed by atoms with Crippen molar-refractivity contribution in [2.24, 2.45) is 0 Å². The highest BCUT2D eigenvalue weighted by Gasteiger charge is 2.26. The van der Waals surface area contributed by atoms with Gasteiger partial charge in [-0.15, -0.1) is 0 Å². The Labute approximate surface area is 153 Å². The summed E-state index contributed by atoms with van der Waals surface area (Å²) < 4.78 is 18.7. The molecule has 1 saturated heterocycles. The Balaban J connectivity index is 1.57. The van der Waals surface area contributed by atoms with Crippen LogP contribution in [0.2, 0.25) is 0 Å². The molecular formula is C19H27FN4O2. The van der Waals surface area contributed by atoms with Gasteiger partial charge in [-0.05, 0) is 38.1 Å². The van der Waals surface area contributed by atoms with Gasteiger partial charge in [-0.2, -0.15) is 0 Å². The summed E-state index contributed by atoms with van der Waals surface area (Å²) in [4.78, 5) is 19.7. The number of ether oxygens (including phenoxy) is 1. The molecule has 142 valence electrons. The lowest BCUT2D eigenvalue weighted by molar-refractivity contribution is 0.0276. The number of nitrogens with one attached hydrogen (secondary N) is 2. The van der Waals surface area contributed by atoms with Gasteiger partial charge in [0.2, 0.25) is 0 Å². The number of aromatic amines is 1. The first-order valence-electron chi connectivity index (χ1n) is 8.93. The number of urea groups is 1. The number of amides is 2. The number of nitrogens with zero attached hydrogens (tertiary/aromatic N) is 2. The molecule has 0 radical (unpaired) electrons. The molecule has 1 aliphatic rings. The van der Waals surface area contributed by atoms with Crippen LogP contribution >= 0.6 is 0 Å². The number of morpholine rings is 1. The predicted octanol–water partition coefficient (Wildman–Crippen LogP) is 2.56. The molecule has 1 aromatic carbocycles. The number of carbonyl (C=O) groups is 1. The number of H-pyrrole nitrogens is 1. The zero-order chi connectivity index (χ0) is 18.7. The molecule has 1 aliphatic heterocycles.